The second kappa shape index (κ2) is 6.91. The van der Waals surface area contributed by atoms with E-state index in [4.69, 9.17) is 9.72 Å². The lowest BCUT2D eigenvalue weighted by Gasteiger charge is -2.14. The first-order valence-corrected chi connectivity index (χ1v) is 10.3. The number of aryl methyl sites for hydroxylation is 2. The van der Waals surface area contributed by atoms with Gasteiger partial charge in [0.05, 0.1) is 18.2 Å². The second-order valence-electron chi connectivity index (χ2n) is 7.03. The van der Waals surface area contributed by atoms with Crippen LogP contribution in [0.25, 0.3) is 27.3 Å². The van der Waals surface area contributed by atoms with Crippen LogP contribution >= 0.6 is 11.3 Å². The number of nitrogens with zero attached hydrogens (tertiary/aromatic N) is 2. The zero-order chi connectivity index (χ0) is 19.1. The van der Waals surface area contributed by atoms with Gasteiger partial charge in [0.2, 0.25) is 0 Å². The van der Waals surface area contributed by atoms with Gasteiger partial charge in [-0.05, 0) is 67.6 Å². The summed E-state index contributed by atoms with van der Waals surface area (Å²) in [6.07, 6.45) is 4.36. The van der Waals surface area contributed by atoms with Crippen LogP contribution in [-0.4, -0.2) is 16.7 Å². The summed E-state index contributed by atoms with van der Waals surface area (Å²) in [6.45, 7) is 0. The third-order valence-electron chi connectivity index (χ3n) is 5.35. The molecule has 0 radical (unpaired) electrons. The molecular weight excluding hydrogens is 368 g/mol. The number of ether oxygens (including phenoxy) is 1. The highest BCUT2D eigenvalue weighted by molar-refractivity contribution is 7.18. The van der Waals surface area contributed by atoms with Crippen molar-refractivity contribution in [2.45, 2.75) is 25.7 Å². The molecule has 0 atom stereocenters. The molecule has 4 nitrogen and oxygen atoms in total. The van der Waals surface area contributed by atoms with Gasteiger partial charge in [0.15, 0.2) is 0 Å². The van der Waals surface area contributed by atoms with Crippen molar-refractivity contribution < 1.29 is 4.74 Å². The maximum atomic E-state index is 13.7. The van der Waals surface area contributed by atoms with E-state index in [1.165, 1.54) is 16.9 Å². The van der Waals surface area contributed by atoms with Crippen LogP contribution in [0.2, 0.25) is 0 Å². The molecule has 1 aliphatic rings. The standard InChI is InChI=1S/C23H20N2O2S/c1-27-17-13-11-15(12-14-17)21-24-22-20(18-9-5-6-10-19(18)28-22)23(26)25(21)16-7-3-2-4-8-16/h2-4,7-8,11-14H,5-6,9-10H2,1H3. The lowest BCUT2D eigenvalue weighted by atomic mass is 9.97. The first-order chi connectivity index (χ1) is 13.8. The number of rotatable bonds is 3. The van der Waals surface area contributed by atoms with E-state index in [1.54, 1.807) is 23.0 Å². The molecule has 0 amide bonds. The van der Waals surface area contributed by atoms with Gasteiger partial charge < -0.3 is 4.74 Å². The molecule has 28 heavy (non-hydrogen) atoms. The first kappa shape index (κ1) is 17.2. The van der Waals surface area contributed by atoms with Crippen molar-refractivity contribution in [3.63, 3.8) is 0 Å². The van der Waals surface area contributed by atoms with Crippen LogP contribution in [0.4, 0.5) is 0 Å². The van der Waals surface area contributed by atoms with E-state index in [0.29, 0.717) is 5.82 Å². The van der Waals surface area contributed by atoms with Gasteiger partial charge in [-0.15, -0.1) is 11.3 Å². The number of hydrogen-bond donors (Lipinski definition) is 0. The second-order valence-corrected chi connectivity index (χ2v) is 8.11. The van der Waals surface area contributed by atoms with Gasteiger partial charge in [-0.25, -0.2) is 4.98 Å². The molecule has 4 aromatic rings. The molecule has 0 fully saturated rings. The first-order valence-electron chi connectivity index (χ1n) is 9.53. The summed E-state index contributed by atoms with van der Waals surface area (Å²) in [7, 11) is 1.65. The normalized spacial score (nSPS) is 13.5. The highest BCUT2D eigenvalue weighted by Crippen LogP contribution is 2.35. The average Bonchev–Trinajstić information content (AvgIpc) is 3.13. The van der Waals surface area contributed by atoms with Gasteiger partial charge >= 0.3 is 0 Å². The van der Waals surface area contributed by atoms with Gasteiger partial charge in [-0.1, -0.05) is 18.2 Å². The van der Waals surface area contributed by atoms with Crippen molar-refractivity contribution in [2.24, 2.45) is 0 Å². The predicted molar refractivity (Wildman–Crippen MR) is 114 cm³/mol. The third-order valence-corrected chi connectivity index (χ3v) is 6.54. The summed E-state index contributed by atoms with van der Waals surface area (Å²) in [4.78, 5) is 20.9. The third kappa shape index (κ3) is 2.74. The molecule has 0 spiro atoms. The number of para-hydroxylation sites is 1. The van der Waals surface area contributed by atoms with Crippen LogP contribution in [0.5, 0.6) is 5.75 Å². The Morgan fingerprint density at radius 3 is 2.50 bits per heavy atom. The average molecular weight is 388 g/mol. The zero-order valence-corrected chi connectivity index (χ0v) is 16.5. The highest BCUT2D eigenvalue weighted by Gasteiger charge is 2.23. The fraction of sp³-hybridized carbons (Fsp3) is 0.217. The van der Waals surface area contributed by atoms with E-state index in [2.05, 4.69) is 0 Å². The Kier molecular flexibility index (Phi) is 4.24. The number of hydrogen-bond acceptors (Lipinski definition) is 4. The van der Waals surface area contributed by atoms with E-state index in [9.17, 15) is 4.79 Å². The monoisotopic (exact) mass is 388 g/mol. The fourth-order valence-corrected chi connectivity index (χ4v) is 5.21. The SMILES string of the molecule is COc1ccc(-c2nc3sc4c(c3c(=O)n2-c2ccccc2)CCCC4)cc1. The van der Waals surface area contributed by atoms with Crippen molar-refractivity contribution in [2.75, 3.05) is 7.11 Å². The minimum absolute atomic E-state index is 0.0291. The van der Waals surface area contributed by atoms with Crippen molar-refractivity contribution in [1.29, 1.82) is 0 Å². The maximum Gasteiger partial charge on any atom is 0.267 e. The Labute approximate surface area is 167 Å². The van der Waals surface area contributed by atoms with Crippen molar-refractivity contribution in [1.82, 2.24) is 9.55 Å². The number of methoxy groups -OCH3 is 1. The molecule has 0 bridgehead atoms. The van der Waals surface area contributed by atoms with E-state index in [0.717, 1.165) is 46.5 Å². The number of aromatic nitrogens is 2. The minimum atomic E-state index is 0.0291. The Bertz CT molecular complexity index is 1210. The molecule has 2 aromatic heterocycles. The maximum absolute atomic E-state index is 13.7. The number of fused-ring (bicyclic) bond motifs is 3. The largest absolute Gasteiger partial charge is 0.497 e. The highest BCUT2D eigenvalue weighted by atomic mass is 32.1. The van der Waals surface area contributed by atoms with E-state index < -0.39 is 0 Å². The molecule has 0 aliphatic heterocycles. The Balaban J connectivity index is 1.84. The van der Waals surface area contributed by atoms with Gasteiger partial charge in [-0.2, -0.15) is 0 Å². The molecule has 2 aromatic carbocycles. The Morgan fingerprint density at radius 1 is 1.00 bits per heavy atom. The van der Waals surface area contributed by atoms with Crippen LogP contribution < -0.4 is 10.3 Å². The van der Waals surface area contributed by atoms with Crippen molar-refractivity contribution in [3.05, 3.63) is 75.4 Å². The Morgan fingerprint density at radius 2 is 1.75 bits per heavy atom. The number of thiophene rings is 1. The zero-order valence-electron chi connectivity index (χ0n) is 15.6. The van der Waals surface area contributed by atoms with E-state index in [1.807, 2.05) is 54.6 Å². The molecule has 5 rings (SSSR count). The van der Waals surface area contributed by atoms with Gasteiger partial charge in [0, 0.05) is 10.4 Å². The molecule has 5 heteroatoms. The molecule has 1 aliphatic carbocycles. The lowest BCUT2D eigenvalue weighted by molar-refractivity contribution is 0.415. The fourth-order valence-electron chi connectivity index (χ4n) is 3.96. The molecule has 0 saturated carbocycles. The topological polar surface area (TPSA) is 44.1 Å². The van der Waals surface area contributed by atoms with Crippen LogP contribution in [0.3, 0.4) is 0 Å². The minimum Gasteiger partial charge on any atom is -0.497 e. The Hall–Kier alpha value is -2.92. The lowest BCUT2D eigenvalue weighted by Crippen LogP contribution is -2.22. The number of benzene rings is 2. The van der Waals surface area contributed by atoms with Gasteiger partial charge in [0.1, 0.15) is 16.4 Å². The van der Waals surface area contributed by atoms with E-state index in [-0.39, 0.29) is 5.56 Å². The summed E-state index contributed by atoms with van der Waals surface area (Å²) < 4.78 is 7.04. The molecular formula is C23H20N2O2S. The van der Waals surface area contributed by atoms with Gasteiger partial charge in [0.25, 0.3) is 5.56 Å². The van der Waals surface area contributed by atoms with E-state index >= 15 is 0 Å². The quantitative estimate of drug-likeness (QED) is 0.496. The summed E-state index contributed by atoms with van der Waals surface area (Å²) >= 11 is 1.69. The van der Waals surface area contributed by atoms with Crippen LogP contribution in [-0.2, 0) is 12.8 Å². The molecule has 140 valence electrons. The predicted octanol–water partition coefficient (Wildman–Crippen LogP) is 5.00. The smallest absolute Gasteiger partial charge is 0.267 e. The summed E-state index contributed by atoms with van der Waals surface area (Å²) in [6, 6.07) is 17.5. The molecule has 0 saturated heterocycles. The summed E-state index contributed by atoms with van der Waals surface area (Å²) in [5.74, 6) is 1.45. The van der Waals surface area contributed by atoms with Gasteiger partial charge in [-0.3, -0.25) is 9.36 Å². The molecule has 0 N–H and O–H groups in total. The van der Waals surface area contributed by atoms with Crippen LogP contribution in [0.15, 0.2) is 59.4 Å². The van der Waals surface area contributed by atoms with Crippen molar-refractivity contribution >= 4 is 21.6 Å². The molecule has 2 heterocycles. The van der Waals surface area contributed by atoms with Crippen LogP contribution in [0.1, 0.15) is 23.3 Å². The molecule has 0 unspecified atom stereocenters. The summed E-state index contributed by atoms with van der Waals surface area (Å²) in [5, 5.41) is 0.806. The van der Waals surface area contributed by atoms with Crippen molar-refractivity contribution in [3.8, 4) is 22.8 Å². The summed E-state index contributed by atoms with van der Waals surface area (Å²) in [5.41, 5.74) is 2.98. The van der Waals surface area contributed by atoms with Crippen LogP contribution in [0, 0.1) is 0 Å².